The molecule has 0 aliphatic carbocycles. The highest BCUT2D eigenvalue weighted by Gasteiger charge is 2.15. The van der Waals surface area contributed by atoms with Crippen molar-refractivity contribution in [3.8, 4) is 0 Å². The van der Waals surface area contributed by atoms with Gasteiger partial charge in [-0.1, -0.05) is 6.92 Å². The average molecular weight is 469 g/mol. The van der Waals surface area contributed by atoms with Gasteiger partial charge in [0.2, 0.25) is 0 Å². The number of rotatable bonds is 9. The van der Waals surface area contributed by atoms with E-state index in [0.29, 0.717) is 18.0 Å². The molecule has 0 aromatic carbocycles. The smallest absolute Gasteiger partial charge is 0.191 e. The van der Waals surface area contributed by atoms with Crippen LogP contribution in [-0.4, -0.2) is 87.4 Å². The normalized spacial score (nSPS) is 17.7. The van der Waals surface area contributed by atoms with Gasteiger partial charge in [-0.05, 0) is 33.6 Å². The van der Waals surface area contributed by atoms with Crippen LogP contribution in [0.25, 0.3) is 0 Å². The van der Waals surface area contributed by atoms with Crippen molar-refractivity contribution in [3.05, 3.63) is 0 Å². The third kappa shape index (κ3) is 10.6. The first kappa shape index (κ1) is 24.9. The number of nitrogens with one attached hydrogen (secondary N) is 2. The van der Waals surface area contributed by atoms with Crippen molar-refractivity contribution in [3.63, 3.8) is 0 Å². The lowest BCUT2D eigenvalue weighted by Crippen LogP contribution is -2.47. The van der Waals surface area contributed by atoms with Gasteiger partial charge in [0, 0.05) is 58.4 Å². The molecule has 1 aliphatic heterocycles. The van der Waals surface area contributed by atoms with Gasteiger partial charge >= 0.3 is 0 Å². The molecule has 1 heterocycles. The standard InChI is InChI=1S/C18H39N5O.HI/c1-15(2)23(16(3)4)8-7-20-18(19-6)21-13-17(5)14-22-9-11-24-12-10-22;/h15-17H,7-14H2,1-6H3,(H2,19,20,21);1H. The van der Waals surface area contributed by atoms with E-state index in [1.165, 1.54) is 0 Å². The van der Waals surface area contributed by atoms with E-state index in [2.05, 4.69) is 60.0 Å². The number of ether oxygens (including phenoxy) is 1. The molecule has 2 N–H and O–H groups in total. The van der Waals surface area contributed by atoms with Gasteiger partial charge in [-0.2, -0.15) is 0 Å². The van der Waals surface area contributed by atoms with Crippen molar-refractivity contribution < 1.29 is 4.74 Å². The second kappa shape index (κ2) is 14.0. The van der Waals surface area contributed by atoms with E-state index in [4.69, 9.17) is 4.74 Å². The second-order valence-electron chi connectivity index (χ2n) is 7.32. The summed E-state index contributed by atoms with van der Waals surface area (Å²) in [6, 6.07) is 1.13. The Labute approximate surface area is 172 Å². The molecule has 6 nitrogen and oxygen atoms in total. The zero-order chi connectivity index (χ0) is 17.9. The van der Waals surface area contributed by atoms with Crippen LogP contribution < -0.4 is 10.6 Å². The van der Waals surface area contributed by atoms with Crippen molar-refractivity contribution in [2.24, 2.45) is 10.9 Å². The molecule has 1 aliphatic rings. The van der Waals surface area contributed by atoms with E-state index in [0.717, 1.165) is 58.4 Å². The van der Waals surface area contributed by atoms with Crippen molar-refractivity contribution in [2.45, 2.75) is 46.7 Å². The Hall–Kier alpha value is -0.120. The number of halogens is 1. The number of hydrogen-bond acceptors (Lipinski definition) is 4. The highest BCUT2D eigenvalue weighted by atomic mass is 127. The molecule has 0 bridgehead atoms. The van der Waals surface area contributed by atoms with Crippen molar-refractivity contribution in [1.29, 1.82) is 0 Å². The Bertz CT molecular complexity index is 351. The van der Waals surface area contributed by atoms with Crippen LogP contribution in [0.4, 0.5) is 0 Å². The fourth-order valence-electron chi connectivity index (χ4n) is 3.20. The average Bonchev–Trinajstić information content (AvgIpc) is 2.54. The summed E-state index contributed by atoms with van der Waals surface area (Å²) in [5, 5.41) is 6.89. The Kier molecular flexibility index (Phi) is 13.9. The summed E-state index contributed by atoms with van der Waals surface area (Å²) in [4.78, 5) is 9.30. The molecule has 1 rings (SSSR count). The number of hydrogen-bond donors (Lipinski definition) is 2. The van der Waals surface area contributed by atoms with Gasteiger partial charge in [0.05, 0.1) is 13.2 Å². The molecule has 7 heteroatoms. The molecule has 150 valence electrons. The van der Waals surface area contributed by atoms with Crippen LogP contribution >= 0.6 is 24.0 Å². The Morgan fingerprint density at radius 1 is 1.08 bits per heavy atom. The number of guanidine groups is 1. The van der Waals surface area contributed by atoms with E-state index < -0.39 is 0 Å². The number of nitrogens with zero attached hydrogens (tertiary/aromatic N) is 3. The van der Waals surface area contributed by atoms with Crippen LogP contribution in [0.5, 0.6) is 0 Å². The predicted molar refractivity (Wildman–Crippen MR) is 118 cm³/mol. The lowest BCUT2D eigenvalue weighted by Gasteiger charge is -2.31. The van der Waals surface area contributed by atoms with E-state index in [9.17, 15) is 0 Å². The first-order chi connectivity index (χ1) is 11.4. The minimum atomic E-state index is 0. The maximum Gasteiger partial charge on any atom is 0.191 e. The van der Waals surface area contributed by atoms with Crippen LogP contribution in [0.3, 0.4) is 0 Å². The molecular formula is C18H40IN5O. The molecule has 1 atom stereocenters. The molecule has 0 aromatic heterocycles. The van der Waals surface area contributed by atoms with Gasteiger partial charge in [-0.15, -0.1) is 24.0 Å². The maximum atomic E-state index is 5.40. The molecule has 1 saturated heterocycles. The van der Waals surface area contributed by atoms with E-state index in [1.807, 2.05) is 7.05 Å². The monoisotopic (exact) mass is 469 g/mol. The van der Waals surface area contributed by atoms with Gasteiger partial charge in [0.1, 0.15) is 0 Å². The summed E-state index contributed by atoms with van der Waals surface area (Å²) in [6.07, 6.45) is 0. The lowest BCUT2D eigenvalue weighted by atomic mass is 10.1. The topological polar surface area (TPSA) is 52.1 Å². The van der Waals surface area contributed by atoms with Crippen LogP contribution in [-0.2, 0) is 4.74 Å². The zero-order valence-corrected chi connectivity index (χ0v) is 19.4. The quantitative estimate of drug-likeness (QED) is 0.307. The fraction of sp³-hybridized carbons (Fsp3) is 0.944. The van der Waals surface area contributed by atoms with Gasteiger partial charge in [-0.3, -0.25) is 14.8 Å². The summed E-state index contributed by atoms with van der Waals surface area (Å²) in [6.45, 7) is 19.1. The lowest BCUT2D eigenvalue weighted by molar-refractivity contribution is 0.0320. The molecule has 25 heavy (non-hydrogen) atoms. The largest absolute Gasteiger partial charge is 0.379 e. The first-order valence-corrected chi connectivity index (χ1v) is 9.44. The van der Waals surface area contributed by atoms with Gasteiger partial charge in [0.25, 0.3) is 0 Å². The molecule has 0 amide bonds. The van der Waals surface area contributed by atoms with Crippen LogP contribution in [0.1, 0.15) is 34.6 Å². The predicted octanol–water partition coefficient (Wildman–Crippen LogP) is 1.86. The molecule has 0 aromatic rings. The third-order valence-electron chi connectivity index (χ3n) is 4.50. The molecule has 0 spiro atoms. The summed E-state index contributed by atoms with van der Waals surface area (Å²) >= 11 is 0. The zero-order valence-electron chi connectivity index (χ0n) is 17.0. The molecule has 0 radical (unpaired) electrons. The summed E-state index contributed by atoms with van der Waals surface area (Å²) in [5.74, 6) is 1.49. The summed E-state index contributed by atoms with van der Waals surface area (Å²) in [5.41, 5.74) is 0. The third-order valence-corrected chi connectivity index (χ3v) is 4.50. The Balaban J connectivity index is 0.00000576. The van der Waals surface area contributed by atoms with E-state index in [1.54, 1.807) is 0 Å². The SMILES string of the molecule is CN=C(NCCN(C(C)C)C(C)C)NCC(C)CN1CCOCC1.I. The highest BCUT2D eigenvalue weighted by molar-refractivity contribution is 14.0. The molecular weight excluding hydrogens is 429 g/mol. The van der Waals surface area contributed by atoms with Crippen molar-refractivity contribution >= 4 is 29.9 Å². The van der Waals surface area contributed by atoms with Crippen molar-refractivity contribution in [1.82, 2.24) is 20.4 Å². The molecule has 1 fully saturated rings. The fourth-order valence-corrected chi connectivity index (χ4v) is 3.20. The number of aliphatic imine (C=N–C) groups is 1. The maximum absolute atomic E-state index is 5.40. The molecule has 0 saturated carbocycles. The minimum Gasteiger partial charge on any atom is -0.379 e. The minimum absolute atomic E-state index is 0. The first-order valence-electron chi connectivity index (χ1n) is 9.44. The summed E-state index contributed by atoms with van der Waals surface area (Å²) in [7, 11) is 1.84. The summed E-state index contributed by atoms with van der Waals surface area (Å²) < 4.78 is 5.40. The molecule has 1 unspecified atom stereocenters. The van der Waals surface area contributed by atoms with Gasteiger partial charge < -0.3 is 15.4 Å². The Morgan fingerprint density at radius 2 is 1.68 bits per heavy atom. The van der Waals surface area contributed by atoms with Crippen LogP contribution in [0.15, 0.2) is 4.99 Å². The van der Waals surface area contributed by atoms with E-state index in [-0.39, 0.29) is 24.0 Å². The van der Waals surface area contributed by atoms with Crippen LogP contribution in [0.2, 0.25) is 0 Å². The van der Waals surface area contributed by atoms with Crippen molar-refractivity contribution in [2.75, 3.05) is 59.5 Å². The number of morpholine rings is 1. The van der Waals surface area contributed by atoms with Gasteiger partial charge in [-0.25, -0.2) is 0 Å². The highest BCUT2D eigenvalue weighted by Crippen LogP contribution is 2.04. The van der Waals surface area contributed by atoms with Gasteiger partial charge in [0.15, 0.2) is 5.96 Å². The van der Waals surface area contributed by atoms with Crippen LogP contribution in [0, 0.1) is 5.92 Å². The van der Waals surface area contributed by atoms with E-state index >= 15 is 0 Å². The Morgan fingerprint density at radius 3 is 2.20 bits per heavy atom. The second-order valence-corrected chi connectivity index (χ2v) is 7.32.